The summed E-state index contributed by atoms with van der Waals surface area (Å²) in [5, 5.41) is 10.7. The molecule has 0 bridgehead atoms. The Hall–Kier alpha value is -3.92. The molecule has 1 aliphatic carbocycles. The number of hydrogen-bond acceptors (Lipinski definition) is 7. The average molecular weight is 560 g/mol. The second-order valence-electron chi connectivity index (χ2n) is 10.2. The van der Waals surface area contributed by atoms with E-state index in [0.29, 0.717) is 40.7 Å². The van der Waals surface area contributed by atoms with Crippen LogP contribution in [0, 0.1) is 18.8 Å². The highest BCUT2D eigenvalue weighted by Crippen LogP contribution is 2.31. The van der Waals surface area contributed by atoms with Gasteiger partial charge in [0.25, 0.3) is 5.56 Å². The highest BCUT2D eigenvalue weighted by Gasteiger charge is 2.27. The van der Waals surface area contributed by atoms with Crippen LogP contribution in [0.1, 0.15) is 37.0 Å². The Morgan fingerprint density at radius 2 is 1.80 bits per heavy atom. The van der Waals surface area contributed by atoms with Crippen LogP contribution in [0.15, 0.2) is 75.1 Å². The molecule has 2 N–H and O–H groups in total. The number of thioether (sulfide) groups is 1. The molecule has 1 saturated carbocycles. The fourth-order valence-corrected chi connectivity index (χ4v) is 5.95. The number of aromatic nitrogens is 3. The Labute approximate surface area is 236 Å². The Balaban J connectivity index is 1.20. The van der Waals surface area contributed by atoms with Crippen molar-refractivity contribution in [3.63, 3.8) is 0 Å². The lowest BCUT2D eigenvalue weighted by molar-refractivity contribution is -0.126. The van der Waals surface area contributed by atoms with Gasteiger partial charge in [0.1, 0.15) is 5.76 Å². The number of rotatable bonds is 10. The molecule has 9 nitrogen and oxygen atoms in total. The van der Waals surface area contributed by atoms with Crippen LogP contribution < -0.4 is 16.2 Å². The van der Waals surface area contributed by atoms with E-state index in [1.807, 2.05) is 36.4 Å². The molecular weight excluding hydrogens is 526 g/mol. The number of anilines is 1. The maximum atomic E-state index is 13.5. The second-order valence-corrected chi connectivity index (χ2v) is 11.2. The van der Waals surface area contributed by atoms with E-state index >= 15 is 0 Å². The van der Waals surface area contributed by atoms with E-state index < -0.39 is 0 Å². The van der Waals surface area contributed by atoms with Crippen molar-refractivity contribution in [2.45, 2.75) is 50.7 Å². The smallest absolute Gasteiger partial charge is 0.262 e. The van der Waals surface area contributed by atoms with Crippen molar-refractivity contribution in [2.75, 3.05) is 17.6 Å². The molecule has 0 saturated heterocycles. The van der Waals surface area contributed by atoms with Crippen LogP contribution in [0.5, 0.6) is 0 Å². The Kier molecular flexibility index (Phi) is 8.95. The highest BCUT2D eigenvalue weighted by atomic mass is 32.2. The molecule has 0 unspecified atom stereocenters. The van der Waals surface area contributed by atoms with E-state index in [0.717, 1.165) is 32.1 Å². The van der Waals surface area contributed by atoms with Crippen LogP contribution >= 0.6 is 11.8 Å². The van der Waals surface area contributed by atoms with Gasteiger partial charge in [-0.2, -0.15) is 0 Å². The molecule has 0 spiro atoms. The molecule has 208 valence electrons. The number of benzene rings is 2. The monoisotopic (exact) mass is 559 g/mol. The van der Waals surface area contributed by atoms with E-state index in [-0.39, 0.29) is 35.0 Å². The topological polar surface area (TPSA) is 119 Å². The number of fused-ring (bicyclic) bond motifs is 1. The highest BCUT2D eigenvalue weighted by molar-refractivity contribution is 7.99. The van der Waals surface area contributed by atoms with Gasteiger partial charge in [0.15, 0.2) is 11.0 Å². The lowest BCUT2D eigenvalue weighted by Gasteiger charge is -2.28. The third kappa shape index (κ3) is 6.98. The van der Waals surface area contributed by atoms with Gasteiger partial charge >= 0.3 is 0 Å². The zero-order valence-electron chi connectivity index (χ0n) is 22.5. The minimum absolute atomic E-state index is 0.00353. The summed E-state index contributed by atoms with van der Waals surface area (Å²) in [7, 11) is 0. The first-order valence-electron chi connectivity index (χ1n) is 13.6. The molecule has 1 fully saturated rings. The molecule has 10 heteroatoms. The summed E-state index contributed by atoms with van der Waals surface area (Å²) in [6.07, 6.45) is 4.11. The van der Waals surface area contributed by atoms with Gasteiger partial charge in [-0.1, -0.05) is 59.4 Å². The van der Waals surface area contributed by atoms with Gasteiger partial charge in [-0.15, -0.1) is 0 Å². The van der Waals surface area contributed by atoms with Gasteiger partial charge < -0.3 is 15.2 Å². The second kappa shape index (κ2) is 13.0. The summed E-state index contributed by atoms with van der Waals surface area (Å²) in [6.45, 7) is 2.89. The largest absolute Gasteiger partial charge is 0.360 e. The molecular formula is C30H33N5O4S. The van der Waals surface area contributed by atoms with Crippen molar-refractivity contribution in [3.8, 4) is 0 Å². The van der Waals surface area contributed by atoms with Crippen molar-refractivity contribution in [3.05, 3.63) is 82.3 Å². The SMILES string of the molecule is Cc1cc(NC(=O)CSc2nc3ccccc3c(=O)n2CC2CCC(C(=O)NCCc3ccccc3)CC2)no1. The standard InChI is InChI=1S/C30H33N5O4S/c1-20-17-26(34-39-20)33-27(36)19-40-30-32-25-10-6-5-9-24(25)29(38)35(30)18-22-11-13-23(14-12-22)28(37)31-16-15-21-7-3-2-4-8-21/h2-10,17,22-23H,11-16,18-19H2,1H3,(H,31,37)(H,33,34,36). The van der Waals surface area contributed by atoms with E-state index in [1.165, 1.54) is 17.3 Å². The molecule has 0 aliphatic heterocycles. The third-order valence-electron chi connectivity index (χ3n) is 7.27. The van der Waals surface area contributed by atoms with Crippen LogP contribution in [0.25, 0.3) is 10.9 Å². The summed E-state index contributed by atoms with van der Waals surface area (Å²) in [5.74, 6) is 1.14. The zero-order valence-corrected chi connectivity index (χ0v) is 23.3. The number of hydrogen-bond donors (Lipinski definition) is 2. The Morgan fingerprint density at radius 3 is 2.55 bits per heavy atom. The number of carbonyl (C=O) groups excluding carboxylic acids is 2. The molecule has 2 aromatic carbocycles. The minimum Gasteiger partial charge on any atom is -0.360 e. The normalized spacial score (nSPS) is 17.0. The number of nitrogens with zero attached hydrogens (tertiary/aromatic N) is 3. The molecule has 2 amide bonds. The van der Waals surface area contributed by atoms with E-state index in [1.54, 1.807) is 23.6 Å². The van der Waals surface area contributed by atoms with E-state index in [2.05, 4.69) is 27.9 Å². The fraction of sp³-hybridized carbons (Fsp3) is 0.367. The number of amides is 2. The number of aryl methyl sites for hydroxylation is 1. The van der Waals surface area contributed by atoms with Crippen molar-refractivity contribution in [2.24, 2.45) is 11.8 Å². The zero-order chi connectivity index (χ0) is 27.9. The quantitative estimate of drug-likeness (QED) is 0.215. The van der Waals surface area contributed by atoms with Crippen LogP contribution in [0.3, 0.4) is 0 Å². The number of para-hydroxylation sites is 1. The maximum Gasteiger partial charge on any atom is 0.262 e. The third-order valence-corrected chi connectivity index (χ3v) is 8.24. The van der Waals surface area contributed by atoms with Crippen LogP contribution in [-0.4, -0.2) is 38.8 Å². The molecule has 4 aromatic rings. The molecule has 2 heterocycles. The van der Waals surface area contributed by atoms with Gasteiger partial charge in [-0.25, -0.2) is 4.98 Å². The van der Waals surface area contributed by atoms with Gasteiger partial charge in [-0.3, -0.25) is 19.0 Å². The maximum absolute atomic E-state index is 13.5. The lowest BCUT2D eigenvalue weighted by atomic mass is 9.81. The van der Waals surface area contributed by atoms with Crippen LogP contribution in [0.4, 0.5) is 5.82 Å². The Bertz CT molecular complexity index is 1530. The number of carbonyl (C=O) groups is 2. The van der Waals surface area contributed by atoms with Crippen molar-refractivity contribution >= 4 is 40.3 Å². The lowest BCUT2D eigenvalue weighted by Crippen LogP contribution is -2.35. The minimum atomic E-state index is -0.258. The molecule has 0 radical (unpaired) electrons. The van der Waals surface area contributed by atoms with E-state index in [4.69, 9.17) is 9.51 Å². The van der Waals surface area contributed by atoms with Gasteiger partial charge in [0.05, 0.1) is 16.7 Å². The van der Waals surface area contributed by atoms with Gasteiger partial charge in [-0.05, 0) is 62.6 Å². The van der Waals surface area contributed by atoms with Crippen LogP contribution in [0.2, 0.25) is 0 Å². The summed E-state index contributed by atoms with van der Waals surface area (Å²) >= 11 is 1.23. The molecule has 0 atom stereocenters. The first kappa shape index (κ1) is 27.6. The predicted octanol–water partition coefficient (Wildman–Crippen LogP) is 4.59. The molecule has 5 rings (SSSR count). The van der Waals surface area contributed by atoms with Gasteiger partial charge in [0.2, 0.25) is 11.8 Å². The molecule has 40 heavy (non-hydrogen) atoms. The van der Waals surface area contributed by atoms with Crippen molar-refractivity contribution < 1.29 is 14.1 Å². The van der Waals surface area contributed by atoms with Crippen molar-refractivity contribution in [1.29, 1.82) is 0 Å². The number of nitrogens with one attached hydrogen (secondary N) is 2. The predicted molar refractivity (Wildman–Crippen MR) is 155 cm³/mol. The summed E-state index contributed by atoms with van der Waals surface area (Å²) in [6, 6.07) is 19.1. The summed E-state index contributed by atoms with van der Waals surface area (Å²) < 4.78 is 6.70. The first-order valence-corrected chi connectivity index (χ1v) is 14.6. The molecule has 1 aliphatic rings. The van der Waals surface area contributed by atoms with E-state index in [9.17, 15) is 14.4 Å². The van der Waals surface area contributed by atoms with Crippen LogP contribution in [-0.2, 0) is 22.6 Å². The first-order chi connectivity index (χ1) is 19.5. The molecule has 2 aromatic heterocycles. The fourth-order valence-electron chi connectivity index (χ4n) is 5.14. The van der Waals surface area contributed by atoms with Gasteiger partial charge in [0, 0.05) is 25.1 Å². The average Bonchev–Trinajstić information content (AvgIpc) is 3.38. The van der Waals surface area contributed by atoms with Crippen molar-refractivity contribution in [1.82, 2.24) is 20.0 Å². The summed E-state index contributed by atoms with van der Waals surface area (Å²) in [5.41, 5.74) is 1.71. The Morgan fingerprint density at radius 1 is 1.05 bits per heavy atom. The summed E-state index contributed by atoms with van der Waals surface area (Å²) in [4.78, 5) is 43.5.